The fourth-order valence-corrected chi connectivity index (χ4v) is 4.85. The number of aryl methyl sites for hydroxylation is 1. The minimum atomic E-state index is 0.0000157. The van der Waals surface area contributed by atoms with Gasteiger partial charge in [-0.3, -0.25) is 9.59 Å². The molecule has 2 aromatic rings. The van der Waals surface area contributed by atoms with E-state index in [1.807, 2.05) is 6.92 Å². The van der Waals surface area contributed by atoms with Crippen molar-refractivity contribution in [1.29, 1.82) is 0 Å². The molecule has 1 atom stereocenters. The molecular weight excluding hydrogens is 362 g/mol. The van der Waals surface area contributed by atoms with Crippen molar-refractivity contribution in [3.8, 4) is 0 Å². The third-order valence-corrected chi connectivity index (χ3v) is 6.78. The average molecular weight is 390 g/mol. The van der Waals surface area contributed by atoms with Crippen LogP contribution in [0.3, 0.4) is 0 Å². The fourth-order valence-electron chi connectivity index (χ4n) is 3.89. The molecule has 1 amide bonds. The zero-order valence-electron chi connectivity index (χ0n) is 16.0. The average Bonchev–Trinajstić information content (AvgIpc) is 3.12. The highest BCUT2D eigenvalue weighted by Crippen LogP contribution is 2.28. The highest BCUT2D eigenvalue weighted by molar-refractivity contribution is 7.20. The van der Waals surface area contributed by atoms with E-state index in [9.17, 15) is 9.59 Å². The minimum absolute atomic E-state index is 0.0000157. The van der Waals surface area contributed by atoms with Crippen molar-refractivity contribution >= 4 is 27.3 Å². The molecule has 1 fully saturated rings. The second-order valence-corrected chi connectivity index (χ2v) is 8.64. The lowest BCUT2D eigenvalue weighted by Crippen LogP contribution is -2.43. The Bertz CT molecular complexity index is 897. The second kappa shape index (κ2) is 7.58. The maximum atomic E-state index is 12.7. The Morgan fingerprint density at radius 2 is 2.04 bits per heavy atom. The Labute approximate surface area is 162 Å². The van der Waals surface area contributed by atoms with Crippen LogP contribution in [-0.2, 0) is 17.6 Å². The van der Waals surface area contributed by atoms with E-state index in [1.54, 1.807) is 0 Å². The van der Waals surface area contributed by atoms with E-state index >= 15 is 0 Å². The number of carbonyl (C=O) groups is 1. The number of nitrogens with one attached hydrogen (secondary N) is 1. The number of carbonyl (C=O) groups excluding carboxylic acids is 1. The summed E-state index contributed by atoms with van der Waals surface area (Å²) in [5.74, 6) is 0.233. The number of piperidine rings is 1. The van der Waals surface area contributed by atoms with E-state index in [1.165, 1.54) is 15.9 Å². The zero-order chi connectivity index (χ0) is 19.0. The number of anilines is 1. The molecule has 4 rings (SSSR count). The standard InChI is InChI=1S/C19H27N5O2S/c1-3-12(2)20-16(25)13-8-10-23(11-9-13)19-22-24-17(26)14-6-4-5-7-15(14)21-18(24)27-19/h12-13H,3-11H2,1-2H3,(H,20,25). The van der Waals surface area contributed by atoms with Gasteiger partial charge in [-0.2, -0.15) is 4.52 Å². The Morgan fingerprint density at radius 1 is 1.30 bits per heavy atom. The van der Waals surface area contributed by atoms with Gasteiger partial charge in [-0.25, -0.2) is 4.98 Å². The lowest BCUT2D eigenvalue weighted by atomic mass is 9.96. The number of nitrogens with zero attached hydrogens (tertiary/aromatic N) is 4. The van der Waals surface area contributed by atoms with Crippen LogP contribution < -0.4 is 15.8 Å². The number of aromatic nitrogens is 3. The summed E-state index contributed by atoms with van der Waals surface area (Å²) in [5, 5.41) is 8.49. The van der Waals surface area contributed by atoms with Crippen molar-refractivity contribution in [2.75, 3.05) is 18.0 Å². The lowest BCUT2D eigenvalue weighted by molar-refractivity contribution is -0.126. The summed E-state index contributed by atoms with van der Waals surface area (Å²) < 4.78 is 1.48. The molecule has 0 radical (unpaired) electrons. The topological polar surface area (TPSA) is 79.6 Å². The van der Waals surface area contributed by atoms with Crippen LogP contribution in [0, 0.1) is 5.92 Å². The Kier molecular flexibility index (Phi) is 5.16. The molecular formula is C19H27N5O2S. The van der Waals surface area contributed by atoms with Gasteiger partial charge in [-0.05, 0) is 51.9 Å². The summed E-state index contributed by atoms with van der Waals surface area (Å²) in [4.78, 5) is 32.7. The van der Waals surface area contributed by atoms with E-state index in [0.29, 0.717) is 4.96 Å². The summed E-state index contributed by atoms with van der Waals surface area (Å²) >= 11 is 1.48. The van der Waals surface area contributed by atoms with Gasteiger partial charge in [-0.1, -0.05) is 18.3 Å². The van der Waals surface area contributed by atoms with E-state index in [4.69, 9.17) is 4.98 Å². The summed E-state index contributed by atoms with van der Waals surface area (Å²) in [6.45, 7) is 5.69. The minimum Gasteiger partial charge on any atom is -0.353 e. The molecule has 8 heteroatoms. The van der Waals surface area contributed by atoms with E-state index < -0.39 is 0 Å². The SMILES string of the molecule is CCC(C)NC(=O)C1CCN(c2nn3c(=O)c4c(nc3s2)CCCC4)CC1. The van der Waals surface area contributed by atoms with Crippen LogP contribution in [0.2, 0.25) is 0 Å². The largest absolute Gasteiger partial charge is 0.353 e. The van der Waals surface area contributed by atoms with E-state index in [0.717, 1.165) is 74.4 Å². The first-order valence-corrected chi connectivity index (χ1v) is 10.9. The number of fused-ring (bicyclic) bond motifs is 2. The Balaban J connectivity index is 1.49. The smallest absolute Gasteiger partial charge is 0.278 e. The second-order valence-electron chi connectivity index (χ2n) is 7.71. The molecule has 1 saturated heterocycles. The predicted octanol–water partition coefficient (Wildman–Crippen LogP) is 2.16. The molecule has 1 unspecified atom stereocenters. The van der Waals surface area contributed by atoms with Crippen molar-refractivity contribution in [2.45, 2.75) is 64.8 Å². The van der Waals surface area contributed by atoms with Crippen molar-refractivity contribution < 1.29 is 4.79 Å². The molecule has 1 N–H and O–H groups in total. The summed E-state index contributed by atoms with van der Waals surface area (Å²) in [6.07, 6.45) is 6.45. The highest BCUT2D eigenvalue weighted by atomic mass is 32.1. The van der Waals surface area contributed by atoms with Crippen LogP contribution in [0.25, 0.3) is 4.96 Å². The first-order chi connectivity index (χ1) is 13.1. The molecule has 1 aliphatic carbocycles. The first kappa shape index (κ1) is 18.4. The van der Waals surface area contributed by atoms with Crippen molar-refractivity contribution in [3.63, 3.8) is 0 Å². The van der Waals surface area contributed by atoms with Crippen LogP contribution in [0.1, 0.15) is 57.2 Å². The molecule has 0 bridgehead atoms. The van der Waals surface area contributed by atoms with Crippen molar-refractivity contribution in [1.82, 2.24) is 19.9 Å². The van der Waals surface area contributed by atoms with Gasteiger partial charge >= 0.3 is 0 Å². The summed E-state index contributed by atoms with van der Waals surface area (Å²) in [6, 6.07) is 0.226. The molecule has 1 aliphatic heterocycles. The molecule has 3 heterocycles. The summed E-state index contributed by atoms with van der Waals surface area (Å²) in [7, 11) is 0. The van der Waals surface area contributed by atoms with Crippen LogP contribution >= 0.6 is 11.3 Å². The van der Waals surface area contributed by atoms with Crippen LogP contribution in [0.15, 0.2) is 4.79 Å². The molecule has 0 saturated carbocycles. The lowest BCUT2D eigenvalue weighted by Gasteiger charge is -2.31. The molecule has 27 heavy (non-hydrogen) atoms. The van der Waals surface area contributed by atoms with Crippen LogP contribution in [0.4, 0.5) is 5.13 Å². The number of hydrogen-bond donors (Lipinski definition) is 1. The maximum absolute atomic E-state index is 12.7. The van der Waals surface area contributed by atoms with E-state index in [2.05, 4.69) is 22.2 Å². The van der Waals surface area contributed by atoms with Crippen LogP contribution in [0.5, 0.6) is 0 Å². The van der Waals surface area contributed by atoms with Crippen molar-refractivity contribution in [2.24, 2.45) is 5.92 Å². The normalized spacial score (nSPS) is 19.1. The van der Waals surface area contributed by atoms with Gasteiger partial charge in [0.2, 0.25) is 16.0 Å². The van der Waals surface area contributed by atoms with Gasteiger partial charge in [0, 0.05) is 30.6 Å². The molecule has 146 valence electrons. The third kappa shape index (κ3) is 3.59. The number of hydrogen-bond acceptors (Lipinski definition) is 6. The Hall–Kier alpha value is -1.96. The van der Waals surface area contributed by atoms with Crippen molar-refractivity contribution in [3.05, 3.63) is 21.6 Å². The third-order valence-electron chi connectivity index (χ3n) is 5.81. The quantitative estimate of drug-likeness (QED) is 0.867. The Morgan fingerprint density at radius 3 is 2.78 bits per heavy atom. The van der Waals surface area contributed by atoms with E-state index in [-0.39, 0.29) is 23.4 Å². The monoisotopic (exact) mass is 389 g/mol. The predicted molar refractivity (Wildman–Crippen MR) is 107 cm³/mol. The van der Waals surface area contributed by atoms with Crippen LogP contribution in [-0.4, -0.2) is 39.6 Å². The molecule has 7 nitrogen and oxygen atoms in total. The molecule has 2 aromatic heterocycles. The molecule has 2 aliphatic rings. The number of amides is 1. The fraction of sp³-hybridized carbons (Fsp3) is 0.684. The van der Waals surface area contributed by atoms with Gasteiger partial charge in [0.05, 0.1) is 5.69 Å². The molecule has 0 spiro atoms. The first-order valence-electron chi connectivity index (χ1n) is 10.0. The molecule has 0 aromatic carbocycles. The summed E-state index contributed by atoms with van der Waals surface area (Å²) in [5.41, 5.74) is 1.80. The van der Waals surface area contributed by atoms with Gasteiger partial charge < -0.3 is 10.2 Å². The maximum Gasteiger partial charge on any atom is 0.278 e. The highest BCUT2D eigenvalue weighted by Gasteiger charge is 2.28. The van der Waals surface area contributed by atoms with Gasteiger partial charge in [0.25, 0.3) is 5.56 Å². The van der Waals surface area contributed by atoms with Gasteiger partial charge in [0.1, 0.15) is 0 Å². The zero-order valence-corrected chi connectivity index (χ0v) is 16.8. The van der Waals surface area contributed by atoms with Gasteiger partial charge in [0.15, 0.2) is 0 Å². The van der Waals surface area contributed by atoms with Gasteiger partial charge in [-0.15, -0.1) is 5.10 Å². The number of rotatable bonds is 4.